The van der Waals surface area contributed by atoms with Crippen LogP contribution in [0.25, 0.3) is 10.9 Å². The van der Waals surface area contributed by atoms with E-state index in [-0.39, 0.29) is 11.5 Å². The van der Waals surface area contributed by atoms with E-state index in [1.54, 1.807) is 13.3 Å². The molecule has 6 heteroatoms. The van der Waals surface area contributed by atoms with Crippen LogP contribution in [-0.2, 0) is 0 Å². The molecule has 4 rings (SSSR count). The smallest absolute Gasteiger partial charge is 0.282 e. The maximum absolute atomic E-state index is 13.3. The molecule has 0 saturated heterocycles. The van der Waals surface area contributed by atoms with Crippen LogP contribution in [-0.4, -0.2) is 37.1 Å². The molecule has 1 fully saturated rings. The van der Waals surface area contributed by atoms with Gasteiger partial charge < -0.3 is 9.64 Å². The molecule has 3 aromatic rings. The molecule has 1 aliphatic carbocycles. The summed E-state index contributed by atoms with van der Waals surface area (Å²) >= 11 is 0. The van der Waals surface area contributed by atoms with Gasteiger partial charge in [-0.1, -0.05) is 31.4 Å². The van der Waals surface area contributed by atoms with Crippen LogP contribution in [0.5, 0.6) is 5.75 Å². The summed E-state index contributed by atoms with van der Waals surface area (Å²) in [6.45, 7) is 0. The Hall–Kier alpha value is -3.15. The number of ether oxygens (including phenoxy) is 1. The molecule has 0 radical (unpaired) electrons. The molecule has 1 saturated carbocycles. The highest BCUT2D eigenvalue weighted by Crippen LogP contribution is 2.32. The first-order valence-electron chi connectivity index (χ1n) is 10.5. The largest absolute Gasteiger partial charge is 0.496 e. The van der Waals surface area contributed by atoms with E-state index < -0.39 is 0 Å². The fourth-order valence-corrected chi connectivity index (χ4v) is 4.08. The van der Waals surface area contributed by atoms with Crippen molar-refractivity contribution in [1.29, 1.82) is 0 Å². The van der Waals surface area contributed by atoms with Gasteiger partial charge in [-0.15, -0.1) is 0 Å². The topological polar surface area (TPSA) is 59.7 Å². The molecule has 0 bridgehead atoms. The molecular weight excluding hydrogens is 376 g/mol. The van der Waals surface area contributed by atoms with Crippen LogP contribution in [0.4, 0.5) is 5.69 Å². The van der Waals surface area contributed by atoms with Crippen molar-refractivity contribution < 1.29 is 4.74 Å². The molecule has 156 valence electrons. The van der Waals surface area contributed by atoms with Crippen molar-refractivity contribution >= 4 is 22.8 Å². The summed E-state index contributed by atoms with van der Waals surface area (Å²) in [5.74, 6) is 1.73. The van der Waals surface area contributed by atoms with Gasteiger partial charge in [0, 0.05) is 37.3 Å². The Labute approximate surface area is 176 Å². The van der Waals surface area contributed by atoms with Gasteiger partial charge in [-0.3, -0.25) is 4.79 Å². The molecule has 1 heterocycles. The second-order valence-corrected chi connectivity index (χ2v) is 8.00. The number of aromatic nitrogens is 2. The van der Waals surface area contributed by atoms with Gasteiger partial charge in [0.1, 0.15) is 11.6 Å². The van der Waals surface area contributed by atoms with Gasteiger partial charge in [-0.2, -0.15) is 9.78 Å². The SMILES string of the molecule is COc1cc(N(C)C)ccc1C=Nn1c(C2CCCCC2)nc2ccccc2c1=O. The van der Waals surface area contributed by atoms with Gasteiger partial charge in [-0.05, 0) is 37.1 Å². The minimum Gasteiger partial charge on any atom is -0.496 e. The Morgan fingerprint density at radius 3 is 2.63 bits per heavy atom. The lowest BCUT2D eigenvalue weighted by Crippen LogP contribution is -2.25. The average molecular weight is 405 g/mol. The Morgan fingerprint density at radius 2 is 1.90 bits per heavy atom. The third-order valence-corrected chi connectivity index (χ3v) is 5.79. The van der Waals surface area contributed by atoms with E-state index in [0.717, 1.165) is 48.3 Å². The fraction of sp³-hybridized carbons (Fsp3) is 0.375. The van der Waals surface area contributed by atoms with Gasteiger partial charge in [0.05, 0.1) is 24.2 Å². The number of fused-ring (bicyclic) bond motifs is 1. The molecule has 30 heavy (non-hydrogen) atoms. The summed E-state index contributed by atoms with van der Waals surface area (Å²) in [7, 11) is 5.61. The van der Waals surface area contributed by atoms with E-state index in [1.807, 2.05) is 61.5 Å². The second kappa shape index (κ2) is 8.69. The minimum atomic E-state index is -0.124. The number of para-hydroxylation sites is 1. The number of hydrogen-bond donors (Lipinski definition) is 0. The van der Waals surface area contributed by atoms with E-state index in [2.05, 4.69) is 5.10 Å². The lowest BCUT2D eigenvalue weighted by molar-refractivity contribution is 0.413. The molecule has 0 spiro atoms. The predicted molar refractivity (Wildman–Crippen MR) is 122 cm³/mol. The van der Waals surface area contributed by atoms with E-state index in [4.69, 9.17) is 9.72 Å². The van der Waals surface area contributed by atoms with Crippen molar-refractivity contribution in [3.05, 3.63) is 64.2 Å². The molecule has 1 aliphatic rings. The summed E-state index contributed by atoms with van der Waals surface area (Å²) in [5.41, 5.74) is 2.47. The standard InChI is InChI=1S/C24H28N4O2/c1-27(2)19-14-13-18(22(15-19)30-3)16-25-28-23(17-9-5-4-6-10-17)26-21-12-8-7-11-20(21)24(28)29/h7-8,11-17H,4-6,9-10H2,1-3H3. The highest BCUT2D eigenvalue weighted by atomic mass is 16.5. The summed E-state index contributed by atoms with van der Waals surface area (Å²) < 4.78 is 7.05. The molecule has 1 aromatic heterocycles. The Morgan fingerprint density at radius 1 is 1.13 bits per heavy atom. The molecule has 0 aliphatic heterocycles. The number of methoxy groups -OCH3 is 1. The maximum atomic E-state index is 13.3. The van der Waals surface area contributed by atoms with Gasteiger partial charge in [-0.25, -0.2) is 4.98 Å². The van der Waals surface area contributed by atoms with Crippen molar-refractivity contribution in [2.24, 2.45) is 5.10 Å². The van der Waals surface area contributed by atoms with E-state index in [9.17, 15) is 4.79 Å². The van der Waals surface area contributed by atoms with Crippen molar-refractivity contribution in [1.82, 2.24) is 9.66 Å². The van der Waals surface area contributed by atoms with Crippen molar-refractivity contribution in [3.63, 3.8) is 0 Å². The first-order valence-corrected chi connectivity index (χ1v) is 10.5. The van der Waals surface area contributed by atoms with Gasteiger partial charge in [0.2, 0.25) is 0 Å². The number of anilines is 1. The maximum Gasteiger partial charge on any atom is 0.282 e. The van der Waals surface area contributed by atoms with Crippen LogP contribution in [0.1, 0.15) is 49.4 Å². The second-order valence-electron chi connectivity index (χ2n) is 8.00. The van der Waals surface area contributed by atoms with Gasteiger partial charge in [0.25, 0.3) is 5.56 Å². The summed E-state index contributed by atoms with van der Waals surface area (Å²) in [5, 5.41) is 5.19. The zero-order valence-electron chi connectivity index (χ0n) is 17.8. The highest BCUT2D eigenvalue weighted by molar-refractivity contribution is 5.85. The molecule has 0 N–H and O–H groups in total. The number of hydrogen-bond acceptors (Lipinski definition) is 5. The van der Waals surface area contributed by atoms with Crippen LogP contribution in [0.3, 0.4) is 0 Å². The van der Waals surface area contributed by atoms with Crippen LogP contribution in [0, 0.1) is 0 Å². The van der Waals surface area contributed by atoms with Crippen LogP contribution in [0.15, 0.2) is 52.4 Å². The van der Waals surface area contributed by atoms with E-state index in [1.165, 1.54) is 11.1 Å². The monoisotopic (exact) mass is 404 g/mol. The van der Waals surface area contributed by atoms with E-state index in [0.29, 0.717) is 11.1 Å². The minimum absolute atomic E-state index is 0.124. The highest BCUT2D eigenvalue weighted by Gasteiger charge is 2.22. The quantitative estimate of drug-likeness (QED) is 0.592. The molecule has 6 nitrogen and oxygen atoms in total. The molecule has 0 amide bonds. The van der Waals surface area contributed by atoms with Crippen molar-refractivity contribution in [2.45, 2.75) is 38.0 Å². The summed E-state index contributed by atoms with van der Waals surface area (Å²) in [6, 6.07) is 13.4. The number of benzene rings is 2. The lowest BCUT2D eigenvalue weighted by Gasteiger charge is -2.22. The number of nitrogens with zero attached hydrogens (tertiary/aromatic N) is 4. The van der Waals surface area contributed by atoms with Gasteiger partial charge in [0.15, 0.2) is 0 Å². The lowest BCUT2D eigenvalue weighted by atomic mass is 9.88. The predicted octanol–water partition coefficient (Wildman–Crippen LogP) is 4.40. The molecule has 2 aromatic carbocycles. The third kappa shape index (κ3) is 3.95. The Bertz CT molecular complexity index is 1130. The third-order valence-electron chi connectivity index (χ3n) is 5.79. The summed E-state index contributed by atoms with van der Waals surface area (Å²) in [4.78, 5) is 20.2. The zero-order chi connectivity index (χ0) is 21.1. The average Bonchev–Trinajstić information content (AvgIpc) is 2.78. The van der Waals surface area contributed by atoms with Crippen LogP contribution >= 0.6 is 0 Å². The van der Waals surface area contributed by atoms with Crippen LogP contribution < -0.4 is 15.2 Å². The van der Waals surface area contributed by atoms with Crippen molar-refractivity contribution in [3.8, 4) is 5.75 Å². The first kappa shape index (κ1) is 20.1. The number of rotatable bonds is 5. The summed E-state index contributed by atoms with van der Waals surface area (Å²) in [6.07, 6.45) is 7.35. The Balaban J connectivity index is 1.81. The van der Waals surface area contributed by atoms with Gasteiger partial charge >= 0.3 is 0 Å². The fourth-order valence-electron chi connectivity index (χ4n) is 4.08. The van der Waals surface area contributed by atoms with E-state index >= 15 is 0 Å². The normalized spacial score (nSPS) is 15.0. The van der Waals surface area contributed by atoms with Crippen LogP contribution in [0.2, 0.25) is 0 Å². The van der Waals surface area contributed by atoms with Crippen molar-refractivity contribution in [2.75, 3.05) is 26.1 Å². The zero-order valence-corrected chi connectivity index (χ0v) is 17.8. The first-order chi connectivity index (χ1) is 14.6. The molecular formula is C24H28N4O2. The molecule has 0 unspecified atom stereocenters. The molecule has 0 atom stereocenters. The Kier molecular flexibility index (Phi) is 5.84.